The van der Waals surface area contributed by atoms with Crippen LogP contribution in [0.15, 0.2) is 54.6 Å². The van der Waals surface area contributed by atoms with E-state index in [9.17, 15) is 4.79 Å². The fraction of sp³-hybridized carbons (Fsp3) is 0.167. The molecule has 1 N–H and O–H groups in total. The molecule has 0 radical (unpaired) electrons. The van der Waals surface area contributed by atoms with Gasteiger partial charge in [0.2, 0.25) is 0 Å². The molecule has 106 valence electrons. The molecular formula is C18H17NO2. The highest BCUT2D eigenvalue weighted by molar-refractivity contribution is 6.06. The van der Waals surface area contributed by atoms with E-state index in [-0.39, 0.29) is 12.5 Å². The van der Waals surface area contributed by atoms with Gasteiger partial charge in [0.15, 0.2) is 0 Å². The molecule has 21 heavy (non-hydrogen) atoms. The Bertz CT molecular complexity index is 651. The SMILES string of the molecule is CCN(C(=O)c1ccc(C#CCO)cc1)c1ccccc1. The smallest absolute Gasteiger partial charge is 0.258 e. The number of para-hydroxylation sites is 1. The van der Waals surface area contributed by atoms with Gasteiger partial charge in [-0.2, -0.15) is 0 Å². The molecule has 3 heteroatoms. The second kappa shape index (κ2) is 7.28. The van der Waals surface area contributed by atoms with Crippen molar-refractivity contribution in [2.75, 3.05) is 18.1 Å². The van der Waals surface area contributed by atoms with E-state index in [1.54, 1.807) is 29.2 Å². The van der Waals surface area contributed by atoms with Crippen LogP contribution in [0.2, 0.25) is 0 Å². The van der Waals surface area contributed by atoms with E-state index in [0.29, 0.717) is 12.1 Å². The Morgan fingerprint density at radius 1 is 1.10 bits per heavy atom. The largest absolute Gasteiger partial charge is 0.384 e. The number of carbonyl (C=O) groups excluding carboxylic acids is 1. The van der Waals surface area contributed by atoms with E-state index in [1.165, 1.54) is 0 Å². The molecule has 0 aromatic heterocycles. The van der Waals surface area contributed by atoms with Crippen LogP contribution in [-0.4, -0.2) is 24.2 Å². The molecular weight excluding hydrogens is 262 g/mol. The summed E-state index contributed by atoms with van der Waals surface area (Å²) in [5, 5.41) is 8.67. The lowest BCUT2D eigenvalue weighted by molar-refractivity contribution is 0.0988. The van der Waals surface area contributed by atoms with Crippen molar-refractivity contribution in [3.05, 3.63) is 65.7 Å². The Morgan fingerprint density at radius 3 is 2.33 bits per heavy atom. The van der Waals surface area contributed by atoms with Crippen molar-refractivity contribution in [1.82, 2.24) is 0 Å². The number of anilines is 1. The van der Waals surface area contributed by atoms with Gasteiger partial charge in [0.05, 0.1) is 0 Å². The van der Waals surface area contributed by atoms with Gasteiger partial charge in [0, 0.05) is 23.4 Å². The van der Waals surface area contributed by atoms with Gasteiger partial charge >= 0.3 is 0 Å². The van der Waals surface area contributed by atoms with Crippen molar-refractivity contribution in [3.63, 3.8) is 0 Å². The van der Waals surface area contributed by atoms with Crippen LogP contribution in [0.5, 0.6) is 0 Å². The van der Waals surface area contributed by atoms with Gasteiger partial charge in [0.25, 0.3) is 5.91 Å². The highest BCUT2D eigenvalue weighted by Gasteiger charge is 2.15. The minimum Gasteiger partial charge on any atom is -0.384 e. The van der Waals surface area contributed by atoms with Crippen LogP contribution in [0, 0.1) is 11.8 Å². The number of aliphatic hydroxyl groups excluding tert-OH is 1. The van der Waals surface area contributed by atoms with Crippen molar-refractivity contribution in [2.45, 2.75) is 6.92 Å². The molecule has 0 atom stereocenters. The summed E-state index contributed by atoms with van der Waals surface area (Å²) in [6, 6.07) is 16.7. The molecule has 0 spiro atoms. The number of hydrogen-bond donors (Lipinski definition) is 1. The molecule has 0 aliphatic carbocycles. The van der Waals surface area contributed by atoms with E-state index in [2.05, 4.69) is 11.8 Å². The van der Waals surface area contributed by atoms with Crippen molar-refractivity contribution >= 4 is 11.6 Å². The second-order valence-corrected chi connectivity index (χ2v) is 4.42. The average molecular weight is 279 g/mol. The standard InChI is InChI=1S/C18H17NO2/c1-2-19(17-8-4-3-5-9-17)18(21)16-12-10-15(11-13-16)7-6-14-20/h3-5,8-13,20H,2,14H2,1H3. The molecule has 0 heterocycles. The van der Waals surface area contributed by atoms with Gasteiger partial charge in [-0.15, -0.1) is 0 Å². The molecule has 1 amide bonds. The maximum Gasteiger partial charge on any atom is 0.258 e. The first kappa shape index (κ1) is 14.8. The number of hydrogen-bond acceptors (Lipinski definition) is 2. The van der Waals surface area contributed by atoms with Crippen LogP contribution in [-0.2, 0) is 0 Å². The molecule has 2 rings (SSSR count). The van der Waals surface area contributed by atoms with Gasteiger partial charge in [0.1, 0.15) is 6.61 Å². The molecule has 0 unspecified atom stereocenters. The molecule has 0 aliphatic heterocycles. The maximum atomic E-state index is 12.6. The molecule has 0 saturated carbocycles. The minimum absolute atomic E-state index is 0.0367. The van der Waals surface area contributed by atoms with Gasteiger partial charge in [-0.05, 0) is 43.3 Å². The molecule has 2 aromatic rings. The zero-order valence-electron chi connectivity index (χ0n) is 11.9. The Balaban J connectivity index is 2.22. The normalized spacial score (nSPS) is 9.62. The van der Waals surface area contributed by atoms with E-state index in [4.69, 9.17) is 5.11 Å². The third kappa shape index (κ3) is 3.71. The molecule has 2 aromatic carbocycles. The topological polar surface area (TPSA) is 40.5 Å². The van der Waals surface area contributed by atoms with Gasteiger partial charge in [-0.1, -0.05) is 30.0 Å². The lowest BCUT2D eigenvalue weighted by atomic mass is 10.1. The Labute approximate surface area is 124 Å². The summed E-state index contributed by atoms with van der Waals surface area (Å²) >= 11 is 0. The highest BCUT2D eigenvalue weighted by atomic mass is 16.2. The quantitative estimate of drug-likeness (QED) is 0.878. The Hall–Kier alpha value is -2.57. The number of aliphatic hydroxyl groups is 1. The first-order valence-corrected chi connectivity index (χ1v) is 6.83. The Morgan fingerprint density at radius 2 is 1.76 bits per heavy atom. The fourth-order valence-electron chi connectivity index (χ4n) is 2.04. The maximum absolute atomic E-state index is 12.6. The van der Waals surface area contributed by atoms with Crippen molar-refractivity contribution in [3.8, 4) is 11.8 Å². The van der Waals surface area contributed by atoms with Crippen LogP contribution < -0.4 is 4.90 Å². The summed E-state index contributed by atoms with van der Waals surface area (Å²) in [4.78, 5) is 14.3. The zero-order valence-corrected chi connectivity index (χ0v) is 11.9. The predicted octanol–water partition coefficient (Wildman–Crippen LogP) is 2.70. The first-order valence-electron chi connectivity index (χ1n) is 6.83. The van der Waals surface area contributed by atoms with E-state index >= 15 is 0 Å². The van der Waals surface area contributed by atoms with Crippen molar-refractivity contribution in [1.29, 1.82) is 0 Å². The van der Waals surface area contributed by atoms with Crippen LogP contribution in [0.3, 0.4) is 0 Å². The zero-order chi connectivity index (χ0) is 15.1. The Kier molecular flexibility index (Phi) is 5.14. The second-order valence-electron chi connectivity index (χ2n) is 4.42. The van der Waals surface area contributed by atoms with Crippen LogP contribution in [0.4, 0.5) is 5.69 Å². The van der Waals surface area contributed by atoms with Crippen molar-refractivity contribution < 1.29 is 9.90 Å². The number of carbonyl (C=O) groups is 1. The van der Waals surface area contributed by atoms with E-state index in [1.807, 2.05) is 37.3 Å². The molecule has 0 aliphatic rings. The number of benzene rings is 2. The monoisotopic (exact) mass is 279 g/mol. The molecule has 0 saturated heterocycles. The lowest BCUT2D eigenvalue weighted by Crippen LogP contribution is -2.30. The molecule has 0 bridgehead atoms. The van der Waals surface area contributed by atoms with Gasteiger partial charge in [-0.3, -0.25) is 4.79 Å². The van der Waals surface area contributed by atoms with E-state index in [0.717, 1.165) is 11.3 Å². The number of rotatable bonds is 3. The molecule has 3 nitrogen and oxygen atoms in total. The van der Waals surface area contributed by atoms with Crippen molar-refractivity contribution in [2.24, 2.45) is 0 Å². The van der Waals surface area contributed by atoms with Gasteiger partial charge in [-0.25, -0.2) is 0 Å². The lowest BCUT2D eigenvalue weighted by Gasteiger charge is -2.21. The summed E-state index contributed by atoms with van der Waals surface area (Å²) in [6.07, 6.45) is 0. The highest BCUT2D eigenvalue weighted by Crippen LogP contribution is 2.16. The van der Waals surface area contributed by atoms with Crippen LogP contribution >= 0.6 is 0 Å². The molecule has 0 fully saturated rings. The van der Waals surface area contributed by atoms with Crippen LogP contribution in [0.1, 0.15) is 22.8 Å². The number of nitrogens with zero attached hydrogens (tertiary/aromatic N) is 1. The summed E-state index contributed by atoms with van der Waals surface area (Å²) in [6.45, 7) is 2.39. The summed E-state index contributed by atoms with van der Waals surface area (Å²) in [5.41, 5.74) is 2.28. The van der Waals surface area contributed by atoms with Crippen LogP contribution in [0.25, 0.3) is 0 Å². The summed E-state index contributed by atoms with van der Waals surface area (Å²) in [5.74, 6) is 5.36. The predicted molar refractivity (Wildman–Crippen MR) is 84.2 cm³/mol. The van der Waals surface area contributed by atoms with Gasteiger partial charge < -0.3 is 10.0 Å². The summed E-state index contributed by atoms with van der Waals surface area (Å²) in [7, 11) is 0. The minimum atomic E-state index is -0.168. The third-order valence-corrected chi connectivity index (χ3v) is 3.07. The third-order valence-electron chi connectivity index (χ3n) is 3.07. The number of amides is 1. The summed E-state index contributed by atoms with van der Waals surface area (Å²) < 4.78 is 0. The fourth-order valence-corrected chi connectivity index (χ4v) is 2.04. The first-order chi connectivity index (χ1) is 10.3. The van der Waals surface area contributed by atoms with E-state index < -0.39 is 0 Å². The average Bonchev–Trinajstić information content (AvgIpc) is 2.55.